The van der Waals surface area contributed by atoms with Crippen LogP contribution in [0.2, 0.25) is 0 Å². The third-order valence-electron chi connectivity index (χ3n) is 4.18. The molecule has 0 saturated carbocycles. The van der Waals surface area contributed by atoms with Crippen molar-refractivity contribution in [3.63, 3.8) is 0 Å². The van der Waals surface area contributed by atoms with E-state index in [1.54, 1.807) is 17.8 Å². The number of ether oxygens (including phenoxy) is 1. The molecular formula is C22H29N3O2. The first-order valence-corrected chi connectivity index (χ1v) is 9.56. The van der Waals surface area contributed by atoms with Gasteiger partial charge in [-0.15, -0.1) is 0 Å². The maximum atomic E-state index is 12.3. The zero-order valence-corrected chi connectivity index (χ0v) is 16.5. The number of amides is 1. The lowest BCUT2D eigenvalue weighted by Gasteiger charge is -2.07. The number of rotatable bonds is 9. The lowest BCUT2D eigenvalue weighted by atomic mass is 10.2. The molecule has 1 aromatic carbocycles. The van der Waals surface area contributed by atoms with E-state index in [2.05, 4.69) is 29.2 Å². The van der Waals surface area contributed by atoms with Crippen LogP contribution in [-0.4, -0.2) is 22.3 Å². The van der Waals surface area contributed by atoms with Crippen molar-refractivity contribution >= 4 is 5.91 Å². The number of nitrogens with zero attached hydrogens (tertiary/aromatic N) is 2. The molecule has 1 aromatic heterocycles. The summed E-state index contributed by atoms with van der Waals surface area (Å²) in [5.74, 6) is 6.84. The molecule has 0 spiro atoms. The third-order valence-corrected chi connectivity index (χ3v) is 4.18. The molecule has 144 valence electrons. The van der Waals surface area contributed by atoms with Crippen molar-refractivity contribution in [2.45, 2.75) is 52.5 Å². The van der Waals surface area contributed by atoms with Crippen LogP contribution >= 0.6 is 0 Å². The molecule has 0 radical (unpaired) electrons. The van der Waals surface area contributed by atoms with Crippen LogP contribution in [-0.2, 0) is 13.6 Å². The summed E-state index contributed by atoms with van der Waals surface area (Å²) in [6, 6.07) is 9.48. The number of hydrogen-bond donors (Lipinski definition) is 1. The van der Waals surface area contributed by atoms with Gasteiger partial charge in [-0.3, -0.25) is 9.48 Å². The van der Waals surface area contributed by atoms with Crippen molar-refractivity contribution < 1.29 is 9.53 Å². The summed E-state index contributed by atoms with van der Waals surface area (Å²) in [6.45, 7) is 4.89. The van der Waals surface area contributed by atoms with Gasteiger partial charge >= 0.3 is 0 Å². The van der Waals surface area contributed by atoms with Gasteiger partial charge in [0, 0.05) is 20.0 Å². The molecule has 0 aliphatic heterocycles. The van der Waals surface area contributed by atoms with Crippen LogP contribution in [0.1, 0.15) is 60.8 Å². The quantitative estimate of drug-likeness (QED) is 0.538. The average Bonchev–Trinajstić information content (AvgIpc) is 3.00. The number of aromatic nitrogens is 2. The number of carbonyl (C=O) groups excluding carboxylic acids is 1. The van der Waals surface area contributed by atoms with Crippen LogP contribution in [0.5, 0.6) is 5.75 Å². The normalized spacial score (nSPS) is 10.2. The molecule has 0 fully saturated rings. The van der Waals surface area contributed by atoms with Crippen LogP contribution in [0.4, 0.5) is 0 Å². The molecule has 0 aliphatic rings. The van der Waals surface area contributed by atoms with Crippen molar-refractivity contribution in [1.29, 1.82) is 0 Å². The fourth-order valence-electron chi connectivity index (χ4n) is 2.74. The fraction of sp³-hybridized carbons (Fsp3) is 0.455. The van der Waals surface area contributed by atoms with Crippen molar-refractivity contribution in [3.8, 4) is 17.6 Å². The van der Waals surface area contributed by atoms with E-state index < -0.39 is 0 Å². The van der Waals surface area contributed by atoms with Gasteiger partial charge in [-0.25, -0.2) is 0 Å². The summed E-state index contributed by atoms with van der Waals surface area (Å²) in [5, 5.41) is 7.11. The zero-order valence-electron chi connectivity index (χ0n) is 16.5. The Bertz CT molecular complexity index is 799. The maximum absolute atomic E-state index is 12.3. The van der Waals surface area contributed by atoms with Crippen molar-refractivity contribution in [3.05, 3.63) is 47.3 Å². The van der Waals surface area contributed by atoms with Crippen LogP contribution < -0.4 is 10.1 Å². The molecule has 27 heavy (non-hydrogen) atoms. The van der Waals surface area contributed by atoms with Gasteiger partial charge in [0.25, 0.3) is 5.91 Å². The van der Waals surface area contributed by atoms with Gasteiger partial charge in [0.05, 0.1) is 5.69 Å². The van der Waals surface area contributed by atoms with E-state index in [9.17, 15) is 4.79 Å². The number of aryl methyl sites for hydroxylation is 2. The van der Waals surface area contributed by atoms with Crippen LogP contribution in [0, 0.1) is 18.8 Å². The second-order valence-corrected chi connectivity index (χ2v) is 6.58. The first-order valence-electron chi connectivity index (χ1n) is 9.56. The molecular weight excluding hydrogens is 338 g/mol. The number of nitrogens with one attached hydrogen (secondary N) is 1. The van der Waals surface area contributed by atoms with Crippen molar-refractivity contribution in [2.24, 2.45) is 7.05 Å². The fourth-order valence-corrected chi connectivity index (χ4v) is 2.74. The van der Waals surface area contributed by atoms with E-state index in [1.807, 2.05) is 31.2 Å². The summed E-state index contributed by atoms with van der Waals surface area (Å²) >= 11 is 0. The molecule has 0 aliphatic carbocycles. The molecule has 0 unspecified atom stereocenters. The largest absolute Gasteiger partial charge is 0.481 e. The Morgan fingerprint density at radius 1 is 1.22 bits per heavy atom. The number of unbranched alkanes of at least 4 members (excludes halogenated alkanes) is 4. The Labute approximate surface area is 162 Å². The Hall–Kier alpha value is -2.74. The number of carbonyl (C=O) groups is 1. The lowest BCUT2D eigenvalue weighted by molar-refractivity contribution is 0.0941. The van der Waals surface area contributed by atoms with Gasteiger partial charge in [0.1, 0.15) is 18.1 Å². The van der Waals surface area contributed by atoms with E-state index in [-0.39, 0.29) is 5.91 Å². The van der Waals surface area contributed by atoms with Gasteiger partial charge < -0.3 is 10.1 Å². The van der Waals surface area contributed by atoms with E-state index in [0.717, 1.165) is 29.8 Å². The minimum absolute atomic E-state index is 0.140. The van der Waals surface area contributed by atoms with Crippen LogP contribution in [0.25, 0.3) is 0 Å². The zero-order chi connectivity index (χ0) is 19.5. The van der Waals surface area contributed by atoms with E-state index in [1.165, 1.54) is 19.3 Å². The molecule has 0 bridgehead atoms. The van der Waals surface area contributed by atoms with E-state index in [4.69, 9.17) is 4.74 Å². The predicted octanol–water partition coefficient (Wildman–Crippen LogP) is 4.01. The highest BCUT2D eigenvalue weighted by Gasteiger charge is 2.11. The van der Waals surface area contributed by atoms with Gasteiger partial charge in [0.15, 0.2) is 0 Å². The van der Waals surface area contributed by atoms with Crippen molar-refractivity contribution in [2.75, 3.05) is 6.61 Å². The first kappa shape index (κ1) is 20.6. The molecule has 1 N–H and O–H groups in total. The minimum atomic E-state index is -0.140. The maximum Gasteiger partial charge on any atom is 0.269 e. The molecule has 1 amide bonds. The molecule has 2 rings (SSSR count). The summed E-state index contributed by atoms with van der Waals surface area (Å²) in [6.07, 6.45) is 5.87. The summed E-state index contributed by atoms with van der Waals surface area (Å²) in [7, 11) is 1.77. The van der Waals surface area contributed by atoms with Crippen LogP contribution in [0.3, 0.4) is 0 Å². The smallest absolute Gasteiger partial charge is 0.269 e. The van der Waals surface area contributed by atoms with Gasteiger partial charge in [-0.05, 0) is 37.1 Å². The minimum Gasteiger partial charge on any atom is -0.481 e. The van der Waals surface area contributed by atoms with Gasteiger partial charge in [0.2, 0.25) is 0 Å². The Kier molecular flexibility index (Phi) is 8.44. The lowest BCUT2D eigenvalue weighted by Crippen LogP contribution is -2.25. The monoisotopic (exact) mass is 367 g/mol. The van der Waals surface area contributed by atoms with Crippen LogP contribution in [0.15, 0.2) is 30.3 Å². The Morgan fingerprint density at radius 3 is 2.81 bits per heavy atom. The van der Waals surface area contributed by atoms with Gasteiger partial charge in [-0.2, -0.15) is 5.10 Å². The van der Waals surface area contributed by atoms with Crippen molar-refractivity contribution in [1.82, 2.24) is 15.1 Å². The highest BCUT2D eigenvalue weighted by molar-refractivity contribution is 5.92. The number of hydrogen-bond acceptors (Lipinski definition) is 3. The third kappa shape index (κ3) is 7.18. The SMILES string of the molecule is CCCCCCC#CCOc1cccc(CNC(=O)c2cc(C)nn2C)c1. The molecule has 5 nitrogen and oxygen atoms in total. The summed E-state index contributed by atoms with van der Waals surface area (Å²) in [5.41, 5.74) is 2.35. The second kappa shape index (κ2) is 11.1. The average molecular weight is 367 g/mol. The first-order chi connectivity index (χ1) is 13.1. The Balaban J connectivity index is 1.77. The standard InChI is InChI=1S/C22H29N3O2/c1-4-5-6-7-8-9-10-14-27-20-13-11-12-19(16-20)17-23-22(26)21-15-18(2)24-25(21)3/h11-13,15-16H,4-8,14,17H2,1-3H3,(H,23,26). The summed E-state index contributed by atoms with van der Waals surface area (Å²) in [4.78, 5) is 12.3. The molecule has 1 heterocycles. The predicted molar refractivity (Wildman–Crippen MR) is 108 cm³/mol. The summed E-state index contributed by atoms with van der Waals surface area (Å²) < 4.78 is 7.28. The van der Waals surface area contributed by atoms with Gasteiger partial charge in [-0.1, -0.05) is 50.2 Å². The molecule has 5 heteroatoms. The number of benzene rings is 1. The molecule has 2 aromatic rings. The topological polar surface area (TPSA) is 56.1 Å². The molecule has 0 saturated heterocycles. The highest BCUT2D eigenvalue weighted by Crippen LogP contribution is 2.13. The van der Waals surface area contributed by atoms with E-state index >= 15 is 0 Å². The second-order valence-electron chi connectivity index (χ2n) is 6.58. The Morgan fingerprint density at radius 2 is 2.07 bits per heavy atom. The molecule has 0 atom stereocenters. The highest BCUT2D eigenvalue weighted by atomic mass is 16.5. The van der Waals surface area contributed by atoms with E-state index in [0.29, 0.717) is 18.8 Å².